The number of halogens is 2. The third kappa shape index (κ3) is 1.76. The SMILES string of the molecule is O[C@H]1C[C@@H](c2ncccc2Cl)n2nc(Br)nc21. The van der Waals surface area contributed by atoms with Crippen LogP contribution < -0.4 is 0 Å². The van der Waals surface area contributed by atoms with E-state index >= 15 is 0 Å². The fourth-order valence-electron chi connectivity index (χ4n) is 2.05. The van der Waals surface area contributed by atoms with Gasteiger partial charge < -0.3 is 5.11 Å². The molecule has 0 spiro atoms. The Morgan fingerprint density at radius 2 is 2.35 bits per heavy atom. The first-order valence-corrected chi connectivity index (χ1v) is 6.24. The van der Waals surface area contributed by atoms with Crippen LogP contribution in [0, 0.1) is 0 Å². The minimum atomic E-state index is -0.628. The van der Waals surface area contributed by atoms with Crippen molar-refractivity contribution in [1.29, 1.82) is 0 Å². The Bertz CT molecular complexity index is 573. The summed E-state index contributed by atoms with van der Waals surface area (Å²) in [5.74, 6) is 0.545. The number of hydrogen-bond acceptors (Lipinski definition) is 4. The van der Waals surface area contributed by atoms with Crippen LogP contribution >= 0.6 is 27.5 Å². The van der Waals surface area contributed by atoms with Crippen molar-refractivity contribution in [1.82, 2.24) is 19.7 Å². The van der Waals surface area contributed by atoms with E-state index in [2.05, 4.69) is 31.0 Å². The Morgan fingerprint density at radius 3 is 3.12 bits per heavy atom. The van der Waals surface area contributed by atoms with Gasteiger partial charge in [-0.15, -0.1) is 5.10 Å². The number of hydrogen-bond donors (Lipinski definition) is 1. The second-order valence-electron chi connectivity index (χ2n) is 3.82. The fraction of sp³-hybridized carbons (Fsp3) is 0.300. The highest BCUT2D eigenvalue weighted by Crippen LogP contribution is 2.38. The third-order valence-electron chi connectivity index (χ3n) is 2.77. The number of pyridine rings is 1. The van der Waals surface area contributed by atoms with Crippen molar-refractivity contribution in [2.45, 2.75) is 18.6 Å². The van der Waals surface area contributed by atoms with Crippen molar-refractivity contribution in [2.75, 3.05) is 0 Å². The molecule has 0 radical (unpaired) electrons. The molecule has 0 unspecified atom stereocenters. The van der Waals surface area contributed by atoms with Gasteiger partial charge in [-0.2, -0.15) is 0 Å². The first-order chi connectivity index (χ1) is 8.16. The van der Waals surface area contributed by atoms with Gasteiger partial charge in [-0.05, 0) is 28.1 Å². The molecule has 7 heteroatoms. The molecule has 0 aliphatic carbocycles. The van der Waals surface area contributed by atoms with Gasteiger partial charge >= 0.3 is 0 Å². The molecule has 0 saturated heterocycles. The summed E-state index contributed by atoms with van der Waals surface area (Å²) in [5.41, 5.74) is 0.712. The van der Waals surface area contributed by atoms with E-state index in [0.717, 1.165) is 0 Å². The van der Waals surface area contributed by atoms with E-state index in [-0.39, 0.29) is 6.04 Å². The van der Waals surface area contributed by atoms with Gasteiger partial charge in [0.1, 0.15) is 12.1 Å². The molecule has 3 heterocycles. The Labute approximate surface area is 111 Å². The summed E-state index contributed by atoms with van der Waals surface area (Å²) in [6.45, 7) is 0. The van der Waals surface area contributed by atoms with Gasteiger partial charge in [0.2, 0.25) is 4.73 Å². The first-order valence-electron chi connectivity index (χ1n) is 5.07. The van der Waals surface area contributed by atoms with Gasteiger partial charge in [-0.25, -0.2) is 9.67 Å². The largest absolute Gasteiger partial charge is 0.385 e. The third-order valence-corrected chi connectivity index (χ3v) is 3.43. The average molecular weight is 316 g/mol. The molecular weight excluding hydrogens is 307 g/mol. The highest BCUT2D eigenvalue weighted by Gasteiger charge is 2.35. The van der Waals surface area contributed by atoms with E-state index in [9.17, 15) is 5.11 Å². The highest BCUT2D eigenvalue weighted by molar-refractivity contribution is 9.10. The molecule has 0 bridgehead atoms. The molecule has 0 fully saturated rings. The molecule has 0 amide bonds. The average Bonchev–Trinajstić information content (AvgIpc) is 2.80. The lowest BCUT2D eigenvalue weighted by molar-refractivity contribution is 0.171. The summed E-state index contributed by atoms with van der Waals surface area (Å²) in [7, 11) is 0. The Kier molecular flexibility index (Phi) is 2.65. The number of nitrogens with zero attached hydrogens (tertiary/aromatic N) is 4. The molecule has 2 atom stereocenters. The number of aliphatic hydroxyl groups is 1. The summed E-state index contributed by atoms with van der Waals surface area (Å²) >= 11 is 9.30. The van der Waals surface area contributed by atoms with E-state index in [4.69, 9.17) is 11.6 Å². The quantitative estimate of drug-likeness (QED) is 0.875. The standard InChI is InChI=1S/C10H8BrClN4O/c11-10-14-9-7(17)4-6(16(9)15-10)8-5(12)2-1-3-13-8/h1-3,6-7,17H,4H2/t6-,7-/m0/s1. The predicted molar refractivity (Wildman–Crippen MR) is 64.7 cm³/mol. The van der Waals surface area contributed by atoms with Gasteiger partial charge in [0.05, 0.1) is 10.7 Å². The molecule has 88 valence electrons. The highest BCUT2D eigenvalue weighted by atomic mass is 79.9. The molecular formula is C10H8BrClN4O. The second kappa shape index (κ2) is 4.04. The van der Waals surface area contributed by atoms with Gasteiger partial charge in [-0.1, -0.05) is 11.6 Å². The van der Waals surface area contributed by atoms with E-state index < -0.39 is 6.10 Å². The first kappa shape index (κ1) is 11.1. The zero-order valence-corrected chi connectivity index (χ0v) is 10.9. The van der Waals surface area contributed by atoms with Crippen LogP contribution in [0.3, 0.4) is 0 Å². The molecule has 1 aliphatic rings. The number of rotatable bonds is 1. The van der Waals surface area contributed by atoms with Crippen molar-refractivity contribution >= 4 is 27.5 Å². The monoisotopic (exact) mass is 314 g/mol. The zero-order valence-electron chi connectivity index (χ0n) is 8.59. The van der Waals surface area contributed by atoms with Crippen LogP contribution in [0.25, 0.3) is 0 Å². The van der Waals surface area contributed by atoms with Gasteiger partial charge in [0.15, 0.2) is 5.82 Å². The lowest BCUT2D eigenvalue weighted by Crippen LogP contribution is -2.09. The lowest BCUT2D eigenvalue weighted by atomic mass is 10.1. The Hall–Kier alpha value is -0.980. The van der Waals surface area contributed by atoms with Gasteiger partial charge in [-0.3, -0.25) is 4.98 Å². The van der Waals surface area contributed by atoms with Crippen LogP contribution in [0.15, 0.2) is 23.1 Å². The van der Waals surface area contributed by atoms with Gasteiger partial charge in [0, 0.05) is 12.6 Å². The van der Waals surface area contributed by atoms with Crippen LogP contribution in [-0.2, 0) is 0 Å². The molecule has 1 aliphatic heterocycles. The van der Waals surface area contributed by atoms with E-state index in [0.29, 0.717) is 27.7 Å². The topological polar surface area (TPSA) is 63.8 Å². The fourth-order valence-corrected chi connectivity index (χ4v) is 2.65. The predicted octanol–water partition coefficient (Wildman–Crippen LogP) is 2.12. The van der Waals surface area contributed by atoms with Crippen LogP contribution in [0.2, 0.25) is 5.02 Å². The normalized spacial score (nSPS) is 22.8. The minimum Gasteiger partial charge on any atom is -0.385 e. The summed E-state index contributed by atoms with van der Waals surface area (Å²) in [6.07, 6.45) is 1.55. The summed E-state index contributed by atoms with van der Waals surface area (Å²) < 4.78 is 2.13. The molecule has 3 rings (SSSR count). The van der Waals surface area contributed by atoms with Crippen LogP contribution in [0.1, 0.15) is 30.1 Å². The van der Waals surface area contributed by atoms with E-state index in [1.807, 2.05) is 0 Å². The molecule has 0 saturated carbocycles. The number of aliphatic hydroxyl groups excluding tert-OH is 1. The molecule has 1 N–H and O–H groups in total. The molecule has 2 aromatic heterocycles. The Morgan fingerprint density at radius 1 is 1.53 bits per heavy atom. The second-order valence-corrected chi connectivity index (χ2v) is 4.94. The number of aromatic nitrogens is 4. The smallest absolute Gasteiger partial charge is 0.217 e. The summed E-state index contributed by atoms with van der Waals surface area (Å²) in [4.78, 5) is 8.38. The van der Waals surface area contributed by atoms with Crippen LogP contribution in [-0.4, -0.2) is 24.9 Å². The van der Waals surface area contributed by atoms with Crippen LogP contribution in [0.5, 0.6) is 0 Å². The van der Waals surface area contributed by atoms with Crippen molar-refractivity contribution in [3.05, 3.63) is 39.6 Å². The molecule has 2 aromatic rings. The molecule has 17 heavy (non-hydrogen) atoms. The van der Waals surface area contributed by atoms with Crippen molar-refractivity contribution in [2.24, 2.45) is 0 Å². The maximum absolute atomic E-state index is 9.90. The molecule has 5 nitrogen and oxygen atoms in total. The lowest BCUT2D eigenvalue weighted by Gasteiger charge is -2.11. The maximum Gasteiger partial charge on any atom is 0.217 e. The van der Waals surface area contributed by atoms with Crippen molar-refractivity contribution < 1.29 is 5.11 Å². The van der Waals surface area contributed by atoms with E-state index in [1.54, 1.807) is 23.0 Å². The maximum atomic E-state index is 9.90. The van der Waals surface area contributed by atoms with Crippen molar-refractivity contribution in [3.63, 3.8) is 0 Å². The van der Waals surface area contributed by atoms with Crippen LogP contribution in [0.4, 0.5) is 0 Å². The van der Waals surface area contributed by atoms with Gasteiger partial charge in [0.25, 0.3) is 0 Å². The van der Waals surface area contributed by atoms with E-state index in [1.165, 1.54) is 0 Å². The number of fused-ring (bicyclic) bond motifs is 1. The van der Waals surface area contributed by atoms with Crippen molar-refractivity contribution in [3.8, 4) is 0 Å². The molecule has 0 aromatic carbocycles. The Balaban J connectivity index is 2.10. The zero-order chi connectivity index (χ0) is 12.0. The summed E-state index contributed by atoms with van der Waals surface area (Å²) in [5, 5.41) is 14.7. The summed E-state index contributed by atoms with van der Waals surface area (Å²) in [6, 6.07) is 3.39. The minimum absolute atomic E-state index is 0.160.